The van der Waals surface area contributed by atoms with Gasteiger partial charge in [0.05, 0.1) is 24.7 Å². The molecule has 3 amide bonds. The molecule has 2 aliphatic heterocycles. The van der Waals surface area contributed by atoms with Crippen molar-refractivity contribution in [2.75, 3.05) is 26.3 Å². The van der Waals surface area contributed by atoms with Crippen molar-refractivity contribution in [2.45, 2.75) is 36.2 Å². The molecule has 9 heteroatoms. The number of imide groups is 1. The maximum absolute atomic E-state index is 13.5. The van der Waals surface area contributed by atoms with Gasteiger partial charge >= 0.3 is 6.03 Å². The van der Waals surface area contributed by atoms with Crippen LogP contribution in [0.25, 0.3) is 0 Å². The molecule has 5 rings (SSSR count). The van der Waals surface area contributed by atoms with Crippen molar-refractivity contribution in [2.24, 2.45) is 0 Å². The third-order valence-corrected chi connectivity index (χ3v) is 8.39. The van der Waals surface area contributed by atoms with Crippen LogP contribution in [0.2, 0.25) is 0 Å². The molecule has 3 aliphatic rings. The van der Waals surface area contributed by atoms with Gasteiger partial charge in [0, 0.05) is 13.1 Å². The summed E-state index contributed by atoms with van der Waals surface area (Å²) in [5.41, 5.74) is 1.48. The molecule has 0 bridgehead atoms. The molecule has 1 atom stereocenters. The quantitative estimate of drug-likeness (QED) is 0.712. The molecule has 2 heterocycles. The van der Waals surface area contributed by atoms with Crippen molar-refractivity contribution in [3.05, 3.63) is 65.2 Å². The second kappa shape index (κ2) is 7.99. The Morgan fingerprint density at radius 1 is 1.03 bits per heavy atom. The Bertz CT molecular complexity index is 1180. The third kappa shape index (κ3) is 3.41. The number of nitrogens with one attached hydrogen (secondary N) is 1. The predicted octanol–water partition coefficient (Wildman–Crippen LogP) is 1.99. The number of hydrogen-bond donors (Lipinski definition) is 1. The highest BCUT2D eigenvalue weighted by molar-refractivity contribution is 7.89. The molecule has 1 spiro atoms. The fourth-order valence-corrected chi connectivity index (χ4v) is 6.36. The zero-order valence-electron chi connectivity index (χ0n) is 17.6. The lowest BCUT2D eigenvalue weighted by atomic mass is 9.76. The number of fused-ring (bicyclic) bond motifs is 2. The second-order valence-corrected chi connectivity index (χ2v) is 10.3. The number of morpholine rings is 1. The van der Waals surface area contributed by atoms with Crippen LogP contribution < -0.4 is 5.32 Å². The first-order chi connectivity index (χ1) is 15.4. The van der Waals surface area contributed by atoms with Gasteiger partial charge in [0.25, 0.3) is 5.91 Å². The normalized spacial score (nSPS) is 23.9. The summed E-state index contributed by atoms with van der Waals surface area (Å²) in [5, 5.41) is 2.94. The lowest BCUT2D eigenvalue weighted by Crippen LogP contribution is -2.46. The van der Waals surface area contributed by atoms with E-state index in [1.807, 2.05) is 24.3 Å². The number of carbonyl (C=O) groups excluding carboxylic acids is 2. The highest BCUT2D eigenvalue weighted by atomic mass is 32.2. The van der Waals surface area contributed by atoms with E-state index in [4.69, 9.17) is 4.74 Å². The summed E-state index contributed by atoms with van der Waals surface area (Å²) in [6, 6.07) is 13.7. The summed E-state index contributed by atoms with van der Waals surface area (Å²) < 4.78 is 32.6. The van der Waals surface area contributed by atoms with Crippen LogP contribution in [0, 0.1) is 0 Å². The Balaban J connectivity index is 1.42. The van der Waals surface area contributed by atoms with E-state index >= 15 is 0 Å². The Kier molecular flexibility index (Phi) is 5.27. The van der Waals surface area contributed by atoms with Gasteiger partial charge in [-0.05, 0) is 48.1 Å². The Labute approximate surface area is 187 Å². The van der Waals surface area contributed by atoms with E-state index in [2.05, 4.69) is 5.32 Å². The molecule has 32 heavy (non-hydrogen) atoms. The average molecular weight is 456 g/mol. The molecule has 2 aromatic carbocycles. The van der Waals surface area contributed by atoms with Crippen molar-refractivity contribution in [3.8, 4) is 0 Å². The summed E-state index contributed by atoms with van der Waals surface area (Å²) in [7, 11) is -3.66. The van der Waals surface area contributed by atoms with Crippen LogP contribution in [0.5, 0.6) is 0 Å². The van der Waals surface area contributed by atoms with Gasteiger partial charge in [0.15, 0.2) is 0 Å². The largest absolute Gasteiger partial charge is 0.379 e. The molecule has 2 fully saturated rings. The number of urea groups is 1. The molecule has 168 valence electrons. The molecule has 0 unspecified atom stereocenters. The van der Waals surface area contributed by atoms with Crippen molar-refractivity contribution in [3.63, 3.8) is 0 Å². The van der Waals surface area contributed by atoms with E-state index in [0.29, 0.717) is 38.3 Å². The summed E-state index contributed by atoms with van der Waals surface area (Å²) in [5.74, 6) is -0.281. The molecule has 2 aromatic rings. The summed E-state index contributed by atoms with van der Waals surface area (Å²) in [4.78, 5) is 27.7. The predicted molar refractivity (Wildman–Crippen MR) is 116 cm³/mol. The molecular formula is C23H25N3O5S. The SMILES string of the molecule is O=C1N[C@@]2(CCCc3ccccc32)C(=O)N1Cc1cccc(S(=O)(=O)N2CCOCC2)c1. The van der Waals surface area contributed by atoms with E-state index in [1.165, 1.54) is 9.21 Å². The van der Waals surface area contributed by atoms with Crippen LogP contribution in [-0.2, 0) is 38.1 Å². The van der Waals surface area contributed by atoms with Crippen molar-refractivity contribution in [1.29, 1.82) is 0 Å². The maximum atomic E-state index is 13.5. The van der Waals surface area contributed by atoms with Crippen LogP contribution in [-0.4, -0.2) is 55.9 Å². The van der Waals surface area contributed by atoms with Gasteiger partial charge in [-0.15, -0.1) is 0 Å². The lowest BCUT2D eigenvalue weighted by molar-refractivity contribution is -0.132. The topological polar surface area (TPSA) is 96.0 Å². The maximum Gasteiger partial charge on any atom is 0.325 e. The minimum Gasteiger partial charge on any atom is -0.379 e. The number of rotatable bonds is 4. The summed E-state index contributed by atoms with van der Waals surface area (Å²) in [6.07, 6.45) is 2.24. The zero-order chi connectivity index (χ0) is 22.3. The molecule has 0 aromatic heterocycles. The van der Waals surface area contributed by atoms with Crippen LogP contribution in [0.4, 0.5) is 4.79 Å². The van der Waals surface area contributed by atoms with Gasteiger partial charge in [-0.3, -0.25) is 9.69 Å². The smallest absolute Gasteiger partial charge is 0.325 e. The zero-order valence-corrected chi connectivity index (χ0v) is 18.4. The molecule has 1 N–H and O–H groups in total. The highest BCUT2D eigenvalue weighted by Gasteiger charge is 2.53. The van der Waals surface area contributed by atoms with Crippen LogP contribution in [0.15, 0.2) is 53.4 Å². The van der Waals surface area contributed by atoms with E-state index < -0.39 is 21.6 Å². The standard InChI is InChI=1S/C23H25N3O5S/c27-21-23(10-4-7-18-6-1-2-9-20(18)23)24-22(28)26(21)16-17-5-3-8-19(15-17)32(29,30)25-11-13-31-14-12-25/h1-3,5-6,8-9,15H,4,7,10-14,16H2,(H,24,28)/t23-/m1/s1. The van der Waals surface area contributed by atoms with Gasteiger partial charge in [0.1, 0.15) is 5.54 Å². The first kappa shape index (κ1) is 21.1. The summed E-state index contributed by atoms with van der Waals surface area (Å²) >= 11 is 0. The Morgan fingerprint density at radius 2 is 1.81 bits per heavy atom. The fraction of sp³-hybridized carbons (Fsp3) is 0.391. The van der Waals surface area contributed by atoms with Crippen LogP contribution in [0.3, 0.4) is 0 Å². The van der Waals surface area contributed by atoms with Gasteiger partial charge in [0.2, 0.25) is 10.0 Å². The van der Waals surface area contributed by atoms with Gasteiger partial charge < -0.3 is 10.1 Å². The minimum atomic E-state index is -3.66. The number of aryl methyl sites for hydroxylation is 1. The van der Waals surface area contributed by atoms with E-state index in [9.17, 15) is 18.0 Å². The number of benzene rings is 2. The van der Waals surface area contributed by atoms with Crippen molar-refractivity contribution in [1.82, 2.24) is 14.5 Å². The molecule has 2 saturated heterocycles. The molecule has 0 radical (unpaired) electrons. The molecular weight excluding hydrogens is 430 g/mol. The number of hydrogen-bond acceptors (Lipinski definition) is 5. The number of amides is 3. The summed E-state index contributed by atoms with van der Waals surface area (Å²) in [6.45, 7) is 1.36. The second-order valence-electron chi connectivity index (χ2n) is 8.40. The van der Waals surface area contributed by atoms with Gasteiger partial charge in [-0.25, -0.2) is 13.2 Å². The molecule has 0 saturated carbocycles. The average Bonchev–Trinajstić information content (AvgIpc) is 3.05. The lowest BCUT2D eigenvalue weighted by Gasteiger charge is -2.33. The number of carbonyl (C=O) groups is 2. The molecule has 8 nitrogen and oxygen atoms in total. The van der Waals surface area contributed by atoms with Crippen LogP contribution >= 0.6 is 0 Å². The van der Waals surface area contributed by atoms with E-state index in [1.54, 1.807) is 24.3 Å². The first-order valence-corrected chi connectivity index (χ1v) is 12.3. The highest BCUT2D eigenvalue weighted by Crippen LogP contribution is 2.40. The monoisotopic (exact) mass is 455 g/mol. The van der Waals surface area contributed by atoms with E-state index in [0.717, 1.165) is 24.0 Å². The minimum absolute atomic E-state index is 0.0149. The molecule has 1 aliphatic carbocycles. The first-order valence-electron chi connectivity index (χ1n) is 10.8. The Morgan fingerprint density at radius 3 is 2.62 bits per heavy atom. The van der Waals surface area contributed by atoms with E-state index in [-0.39, 0.29) is 17.3 Å². The van der Waals surface area contributed by atoms with Gasteiger partial charge in [-0.1, -0.05) is 36.4 Å². The Hall–Kier alpha value is -2.75. The number of nitrogens with zero attached hydrogens (tertiary/aromatic N) is 2. The number of ether oxygens (including phenoxy) is 1. The van der Waals surface area contributed by atoms with Crippen molar-refractivity contribution >= 4 is 22.0 Å². The number of sulfonamides is 1. The van der Waals surface area contributed by atoms with Crippen LogP contribution in [0.1, 0.15) is 29.5 Å². The van der Waals surface area contributed by atoms with Gasteiger partial charge in [-0.2, -0.15) is 4.31 Å². The fourth-order valence-electron chi connectivity index (χ4n) is 4.88. The van der Waals surface area contributed by atoms with Crippen molar-refractivity contribution < 1.29 is 22.7 Å². The third-order valence-electron chi connectivity index (χ3n) is 6.50.